The summed E-state index contributed by atoms with van der Waals surface area (Å²) >= 11 is 1.28. The molecule has 2 amide bonds. The van der Waals surface area contributed by atoms with Gasteiger partial charge < -0.3 is 15.0 Å². The summed E-state index contributed by atoms with van der Waals surface area (Å²) in [6.07, 6.45) is 0.866. The highest BCUT2D eigenvalue weighted by molar-refractivity contribution is 8.00. The Morgan fingerprint density at radius 2 is 1.79 bits per heavy atom. The van der Waals surface area contributed by atoms with Crippen molar-refractivity contribution in [2.75, 3.05) is 56.2 Å². The topological polar surface area (TPSA) is 79.0 Å². The fourth-order valence-electron chi connectivity index (χ4n) is 3.01. The van der Waals surface area contributed by atoms with E-state index in [1.165, 1.54) is 11.8 Å². The molecule has 1 heterocycles. The van der Waals surface area contributed by atoms with Crippen LogP contribution in [-0.4, -0.2) is 78.4 Å². The number of hydrogen-bond donors (Lipinski definition) is 1. The molecule has 154 valence electrons. The van der Waals surface area contributed by atoms with Crippen molar-refractivity contribution in [2.24, 2.45) is 0 Å². The highest BCUT2D eigenvalue weighted by atomic mass is 32.2. The zero-order valence-corrected chi connectivity index (χ0v) is 17.4. The normalized spacial score (nSPS) is 14.6. The van der Waals surface area contributed by atoms with Crippen LogP contribution in [0.2, 0.25) is 0 Å². The largest absolute Gasteiger partial charge is 0.465 e. The molecule has 0 radical (unpaired) electrons. The van der Waals surface area contributed by atoms with Crippen LogP contribution in [0.5, 0.6) is 0 Å². The third kappa shape index (κ3) is 7.16. The number of para-hydroxylation sites is 1. The van der Waals surface area contributed by atoms with Crippen molar-refractivity contribution in [1.29, 1.82) is 0 Å². The monoisotopic (exact) mass is 407 g/mol. The molecule has 0 bridgehead atoms. The lowest BCUT2D eigenvalue weighted by molar-refractivity contribution is -0.139. The second kappa shape index (κ2) is 11.7. The molecule has 1 aromatic rings. The van der Waals surface area contributed by atoms with E-state index in [-0.39, 0.29) is 29.3 Å². The van der Waals surface area contributed by atoms with Gasteiger partial charge in [0, 0.05) is 31.9 Å². The maximum absolute atomic E-state index is 12.3. The first-order valence-corrected chi connectivity index (χ1v) is 10.8. The van der Waals surface area contributed by atoms with Gasteiger partial charge in [-0.15, -0.1) is 11.8 Å². The van der Waals surface area contributed by atoms with Crippen molar-refractivity contribution in [3.63, 3.8) is 0 Å². The Morgan fingerprint density at radius 3 is 2.46 bits per heavy atom. The lowest BCUT2D eigenvalue weighted by atomic mass is 10.1. The predicted molar refractivity (Wildman–Crippen MR) is 111 cm³/mol. The van der Waals surface area contributed by atoms with Crippen LogP contribution in [0.25, 0.3) is 0 Å². The first-order chi connectivity index (χ1) is 13.5. The van der Waals surface area contributed by atoms with E-state index in [2.05, 4.69) is 17.1 Å². The maximum atomic E-state index is 12.3. The van der Waals surface area contributed by atoms with Crippen LogP contribution >= 0.6 is 11.8 Å². The van der Waals surface area contributed by atoms with Gasteiger partial charge in [-0.1, -0.05) is 25.1 Å². The van der Waals surface area contributed by atoms with Gasteiger partial charge in [0.1, 0.15) is 0 Å². The highest BCUT2D eigenvalue weighted by Crippen LogP contribution is 2.15. The predicted octanol–water partition coefficient (Wildman–Crippen LogP) is 1.63. The van der Waals surface area contributed by atoms with E-state index in [4.69, 9.17) is 4.74 Å². The molecule has 0 saturated carbocycles. The van der Waals surface area contributed by atoms with Crippen LogP contribution in [0, 0.1) is 0 Å². The molecule has 0 unspecified atom stereocenters. The minimum absolute atomic E-state index is 0.0234. The molecule has 2 rings (SSSR count). The van der Waals surface area contributed by atoms with Crippen LogP contribution in [0.4, 0.5) is 5.69 Å². The van der Waals surface area contributed by atoms with Crippen molar-refractivity contribution in [2.45, 2.75) is 20.3 Å². The van der Waals surface area contributed by atoms with Gasteiger partial charge in [0.25, 0.3) is 0 Å². The van der Waals surface area contributed by atoms with Gasteiger partial charge in [-0.25, -0.2) is 0 Å². The molecule has 1 aliphatic heterocycles. The Balaban J connectivity index is 1.69. The molecule has 8 heteroatoms. The van der Waals surface area contributed by atoms with E-state index in [0.717, 1.165) is 17.7 Å². The zero-order valence-electron chi connectivity index (χ0n) is 16.6. The fourth-order valence-corrected chi connectivity index (χ4v) is 3.72. The van der Waals surface area contributed by atoms with Gasteiger partial charge in [-0.2, -0.15) is 0 Å². The van der Waals surface area contributed by atoms with E-state index in [1.54, 1.807) is 11.8 Å². The number of nitrogens with zero attached hydrogens (tertiary/aromatic N) is 2. The summed E-state index contributed by atoms with van der Waals surface area (Å²) in [5.41, 5.74) is 1.98. The molecule has 0 aliphatic carbocycles. The molecule has 1 fully saturated rings. The average Bonchev–Trinajstić information content (AvgIpc) is 2.69. The quantitative estimate of drug-likeness (QED) is 0.627. The van der Waals surface area contributed by atoms with Crippen molar-refractivity contribution in [1.82, 2.24) is 9.80 Å². The van der Waals surface area contributed by atoms with Crippen molar-refractivity contribution in [3.8, 4) is 0 Å². The van der Waals surface area contributed by atoms with Crippen LogP contribution in [-0.2, 0) is 25.5 Å². The first-order valence-electron chi connectivity index (χ1n) is 9.64. The van der Waals surface area contributed by atoms with Crippen LogP contribution in [0.1, 0.15) is 19.4 Å². The van der Waals surface area contributed by atoms with Gasteiger partial charge >= 0.3 is 5.97 Å². The number of ether oxygens (including phenoxy) is 1. The number of rotatable bonds is 9. The number of hydrogen-bond acceptors (Lipinski definition) is 6. The van der Waals surface area contributed by atoms with Gasteiger partial charge in [0.2, 0.25) is 11.8 Å². The molecular weight excluding hydrogens is 378 g/mol. The SMILES string of the molecule is CCOC(=O)CSCC(=O)N1CCN(CC(=O)Nc2ccccc2CC)CC1. The summed E-state index contributed by atoms with van der Waals surface area (Å²) in [5, 5.41) is 2.98. The lowest BCUT2D eigenvalue weighted by Crippen LogP contribution is -2.51. The number of amides is 2. The van der Waals surface area contributed by atoms with E-state index < -0.39 is 0 Å². The van der Waals surface area contributed by atoms with Crippen molar-refractivity contribution in [3.05, 3.63) is 29.8 Å². The third-order valence-corrected chi connectivity index (χ3v) is 5.41. The summed E-state index contributed by atoms with van der Waals surface area (Å²) in [4.78, 5) is 39.7. The molecule has 7 nitrogen and oxygen atoms in total. The van der Waals surface area contributed by atoms with Crippen LogP contribution in [0.3, 0.4) is 0 Å². The molecule has 1 saturated heterocycles. The molecule has 0 atom stereocenters. The van der Waals surface area contributed by atoms with Gasteiger partial charge in [0.05, 0.1) is 24.7 Å². The average molecular weight is 408 g/mol. The van der Waals surface area contributed by atoms with E-state index in [1.807, 2.05) is 24.3 Å². The Kier molecular flexibility index (Phi) is 9.30. The summed E-state index contributed by atoms with van der Waals surface area (Å²) in [6.45, 7) is 7.01. The number of nitrogens with one attached hydrogen (secondary N) is 1. The molecule has 0 spiro atoms. The Labute approximate surface area is 170 Å². The summed E-state index contributed by atoms with van der Waals surface area (Å²) < 4.78 is 4.85. The fraction of sp³-hybridized carbons (Fsp3) is 0.550. The second-order valence-electron chi connectivity index (χ2n) is 6.51. The summed E-state index contributed by atoms with van der Waals surface area (Å²) in [5.74, 6) is 0.160. The standard InChI is InChI=1S/C20H29N3O4S/c1-3-16-7-5-6-8-17(16)21-18(24)13-22-9-11-23(12-10-22)19(25)14-28-15-20(26)27-4-2/h5-8H,3-4,9-15H2,1-2H3,(H,21,24). The number of carbonyl (C=O) groups is 3. The van der Waals surface area contributed by atoms with Crippen LogP contribution in [0.15, 0.2) is 24.3 Å². The third-order valence-electron chi connectivity index (χ3n) is 4.52. The maximum Gasteiger partial charge on any atom is 0.315 e. The summed E-state index contributed by atoms with van der Waals surface area (Å²) in [6, 6.07) is 7.82. The molecule has 0 aromatic heterocycles. The molecule has 1 aliphatic rings. The smallest absolute Gasteiger partial charge is 0.315 e. The Bertz CT molecular complexity index is 675. The number of carbonyl (C=O) groups excluding carboxylic acids is 3. The summed E-state index contributed by atoms with van der Waals surface area (Å²) in [7, 11) is 0. The van der Waals surface area contributed by atoms with Crippen LogP contribution < -0.4 is 5.32 Å². The highest BCUT2D eigenvalue weighted by Gasteiger charge is 2.22. The minimum atomic E-state index is -0.291. The number of thioether (sulfide) groups is 1. The minimum Gasteiger partial charge on any atom is -0.465 e. The Morgan fingerprint density at radius 1 is 1.07 bits per heavy atom. The van der Waals surface area contributed by atoms with E-state index in [0.29, 0.717) is 39.3 Å². The zero-order chi connectivity index (χ0) is 20.4. The van der Waals surface area contributed by atoms with Crippen molar-refractivity contribution >= 4 is 35.2 Å². The first kappa shape index (κ1) is 22.2. The number of esters is 1. The van der Waals surface area contributed by atoms with E-state index >= 15 is 0 Å². The number of benzene rings is 1. The van der Waals surface area contributed by atoms with Gasteiger partial charge in [-0.3, -0.25) is 19.3 Å². The van der Waals surface area contributed by atoms with Gasteiger partial charge in [-0.05, 0) is 25.0 Å². The number of anilines is 1. The molecule has 1 N–H and O–H groups in total. The second-order valence-corrected chi connectivity index (χ2v) is 7.50. The number of aryl methyl sites for hydroxylation is 1. The van der Waals surface area contributed by atoms with E-state index in [9.17, 15) is 14.4 Å². The van der Waals surface area contributed by atoms with Gasteiger partial charge in [0.15, 0.2) is 0 Å². The lowest BCUT2D eigenvalue weighted by Gasteiger charge is -2.34. The van der Waals surface area contributed by atoms with Crippen molar-refractivity contribution < 1.29 is 19.1 Å². The molecular formula is C20H29N3O4S. The molecule has 1 aromatic carbocycles. The number of piperazine rings is 1. The Hall–Kier alpha value is -2.06. The molecule has 28 heavy (non-hydrogen) atoms.